The lowest BCUT2D eigenvalue weighted by molar-refractivity contribution is -0.148. The van der Waals surface area contributed by atoms with Crippen molar-refractivity contribution in [2.75, 3.05) is 38.8 Å². The average molecular weight is 475 g/mol. The zero-order valence-electron chi connectivity index (χ0n) is 18.5. The number of esters is 1. The Morgan fingerprint density at radius 3 is 2.45 bits per heavy atom. The molecule has 0 spiro atoms. The van der Waals surface area contributed by atoms with Crippen LogP contribution < -0.4 is 14.4 Å². The van der Waals surface area contributed by atoms with Gasteiger partial charge in [-0.15, -0.1) is 0 Å². The van der Waals surface area contributed by atoms with Crippen molar-refractivity contribution in [1.82, 2.24) is 4.31 Å². The summed E-state index contributed by atoms with van der Waals surface area (Å²) >= 11 is 0. The average Bonchev–Trinajstić information content (AvgIpc) is 2.87. The first-order valence-electron chi connectivity index (χ1n) is 10.6. The minimum absolute atomic E-state index is 0.00422. The third-order valence-corrected chi connectivity index (χ3v) is 7.81. The molecule has 33 heavy (non-hydrogen) atoms. The highest BCUT2D eigenvalue weighted by Gasteiger charge is 2.40. The number of hydrogen-bond acceptors (Lipinski definition) is 7. The van der Waals surface area contributed by atoms with Crippen molar-refractivity contribution in [2.24, 2.45) is 5.92 Å². The highest BCUT2D eigenvalue weighted by molar-refractivity contribution is 7.89. The molecule has 2 atom stereocenters. The number of para-hydroxylation sites is 2. The monoisotopic (exact) mass is 474 g/mol. The molecule has 0 N–H and O–H groups in total. The number of amides is 1. The third-order valence-electron chi connectivity index (χ3n) is 5.93. The van der Waals surface area contributed by atoms with Crippen molar-refractivity contribution in [3.63, 3.8) is 0 Å². The number of nitrogens with zero attached hydrogens (tertiary/aromatic N) is 2. The standard InChI is InChI=1S/C23H26N2O7S/c1-30-17-9-11-18(12-10-17)33(28,29)24-13-5-6-16(14-24)22(26)25-15-21(23(27)31-2)32-20-8-4-3-7-19(20)25/h3-4,7-12,16,21H,5-6,13-15H2,1-2H3/t16-,21+/m1/s1. The summed E-state index contributed by atoms with van der Waals surface area (Å²) in [5, 5.41) is 0. The predicted molar refractivity (Wildman–Crippen MR) is 120 cm³/mol. The molecule has 2 aliphatic rings. The van der Waals surface area contributed by atoms with E-state index in [4.69, 9.17) is 14.2 Å². The smallest absolute Gasteiger partial charge is 0.348 e. The summed E-state index contributed by atoms with van der Waals surface area (Å²) in [6.07, 6.45) is 0.158. The molecule has 2 heterocycles. The summed E-state index contributed by atoms with van der Waals surface area (Å²) in [5.74, 6) is -0.391. The molecule has 0 unspecified atom stereocenters. The predicted octanol–water partition coefficient (Wildman–Crippen LogP) is 2.06. The maximum Gasteiger partial charge on any atom is 0.348 e. The third kappa shape index (κ3) is 4.53. The van der Waals surface area contributed by atoms with E-state index in [-0.39, 0.29) is 23.9 Å². The Balaban J connectivity index is 1.56. The van der Waals surface area contributed by atoms with Crippen molar-refractivity contribution in [2.45, 2.75) is 23.8 Å². The fraction of sp³-hybridized carbons (Fsp3) is 0.391. The summed E-state index contributed by atoms with van der Waals surface area (Å²) in [6.45, 7) is 0.405. The van der Waals surface area contributed by atoms with Gasteiger partial charge >= 0.3 is 5.97 Å². The van der Waals surface area contributed by atoms with Crippen molar-refractivity contribution in [1.29, 1.82) is 0 Å². The van der Waals surface area contributed by atoms with Gasteiger partial charge < -0.3 is 19.1 Å². The molecule has 10 heteroatoms. The molecule has 2 aromatic carbocycles. The summed E-state index contributed by atoms with van der Waals surface area (Å²) < 4.78 is 43.4. The number of rotatable bonds is 5. The van der Waals surface area contributed by atoms with Gasteiger partial charge in [0.15, 0.2) is 0 Å². The van der Waals surface area contributed by atoms with Gasteiger partial charge in [-0.3, -0.25) is 4.79 Å². The summed E-state index contributed by atoms with van der Waals surface area (Å²) in [7, 11) is -0.987. The quantitative estimate of drug-likeness (QED) is 0.611. The molecular formula is C23H26N2O7S. The maximum absolute atomic E-state index is 13.5. The zero-order valence-corrected chi connectivity index (χ0v) is 19.3. The molecule has 0 bridgehead atoms. The van der Waals surface area contributed by atoms with Gasteiger partial charge in [-0.25, -0.2) is 13.2 Å². The Bertz CT molecular complexity index is 1130. The largest absolute Gasteiger partial charge is 0.497 e. The Hall–Kier alpha value is -3.11. The van der Waals surface area contributed by atoms with Crippen LogP contribution >= 0.6 is 0 Å². The van der Waals surface area contributed by atoms with Gasteiger partial charge in [0.05, 0.1) is 37.3 Å². The van der Waals surface area contributed by atoms with Crippen LogP contribution in [0.4, 0.5) is 5.69 Å². The molecule has 0 aromatic heterocycles. The number of carbonyl (C=O) groups is 2. The van der Waals surface area contributed by atoms with E-state index in [0.717, 1.165) is 0 Å². The first-order valence-corrected chi connectivity index (χ1v) is 12.1. The summed E-state index contributed by atoms with van der Waals surface area (Å²) in [6, 6.07) is 13.2. The molecule has 1 saturated heterocycles. The van der Waals surface area contributed by atoms with Crippen molar-refractivity contribution in [3.8, 4) is 11.5 Å². The van der Waals surface area contributed by atoms with E-state index in [9.17, 15) is 18.0 Å². The van der Waals surface area contributed by atoms with Gasteiger partial charge in [0.2, 0.25) is 22.0 Å². The van der Waals surface area contributed by atoms with Gasteiger partial charge in [0.1, 0.15) is 11.5 Å². The summed E-state index contributed by atoms with van der Waals surface area (Å²) in [5.41, 5.74) is 0.554. The number of ether oxygens (including phenoxy) is 3. The van der Waals surface area contributed by atoms with Crippen LogP contribution in [-0.4, -0.2) is 64.6 Å². The topological polar surface area (TPSA) is 102 Å². The minimum Gasteiger partial charge on any atom is -0.497 e. The molecule has 2 aliphatic heterocycles. The first kappa shape index (κ1) is 23.1. The lowest BCUT2D eigenvalue weighted by Gasteiger charge is -2.38. The van der Waals surface area contributed by atoms with E-state index in [0.29, 0.717) is 36.6 Å². The number of anilines is 1. The van der Waals surface area contributed by atoms with Crippen molar-refractivity contribution in [3.05, 3.63) is 48.5 Å². The second kappa shape index (κ2) is 9.40. The molecule has 1 fully saturated rings. The molecule has 2 aromatic rings. The number of carbonyl (C=O) groups excluding carboxylic acids is 2. The van der Waals surface area contributed by atoms with Gasteiger partial charge in [-0.2, -0.15) is 4.31 Å². The SMILES string of the molecule is COC(=O)[C@@H]1CN(C(=O)[C@@H]2CCCN(S(=O)(=O)c3ccc(OC)cc3)C2)c2ccccc2O1. The van der Waals surface area contributed by atoms with E-state index in [1.54, 1.807) is 36.4 Å². The van der Waals surface area contributed by atoms with Crippen LogP contribution in [0.1, 0.15) is 12.8 Å². The number of benzene rings is 2. The Labute approximate surface area is 192 Å². The fourth-order valence-electron chi connectivity index (χ4n) is 4.18. The molecule has 1 amide bonds. The van der Waals surface area contributed by atoms with Crippen LogP contribution in [-0.2, 0) is 24.3 Å². The van der Waals surface area contributed by atoms with Gasteiger partial charge in [-0.05, 0) is 49.2 Å². The first-order chi connectivity index (χ1) is 15.8. The Kier molecular flexibility index (Phi) is 6.57. The van der Waals surface area contributed by atoms with Crippen LogP contribution in [0.2, 0.25) is 0 Å². The van der Waals surface area contributed by atoms with E-state index in [1.807, 2.05) is 0 Å². The van der Waals surface area contributed by atoms with E-state index in [1.165, 1.54) is 35.6 Å². The number of hydrogen-bond donors (Lipinski definition) is 0. The molecule has 0 aliphatic carbocycles. The normalized spacial score (nSPS) is 21.0. The van der Waals surface area contributed by atoms with Gasteiger partial charge in [0, 0.05) is 13.1 Å². The second-order valence-corrected chi connectivity index (χ2v) is 9.86. The highest BCUT2D eigenvalue weighted by atomic mass is 32.2. The minimum atomic E-state index is -3.76. The van der Waals surface area contributed by atoms with Gasteiger partial charge in [-0.1, -0.05) is 12.1 Å². The number of fused-ring (bicyclic) bond motifs is 1. The summed E-state index contributed by atoms with van der Waals surface area (Å²) in [4.78, 5) is 27.3. The number of methoxy groups -OCH3 is 2. The van der Waals surface area contributed by atoms with E-state index >= 15 is 0 Å². The van der Waals surface area contributed by atoms with Crippen LogP contribution in [0.5, 0.6) is 11.5 Å². The molecule has 0 saturated carbocycles. The van der Waals surface area contributed by atoms with Crippen LogP contribution in [0.25, 0.3) is 0 Å². The van der Waals surface area contributed by atoms with E-state index < -0.39 is 28.0 Å². The molecular weight excluding hydrogens is 448 g/mol. The van der Waals surface area contributed by atoms with Crippen LogP contribution in [0.15, 0.2) is 53.4 Å². The van der Waals surface area contributed by atoms with Gasteiger partial charge in [0.25, 0.3) is 0 Å². The van der Waals surface area contributed by atoms with Crippen molar-refractivity contribution < 1.29 is 32.2 Å². The lowest BCUT2D eigenvalue weighted by Crippen LogP contribution is -2.52. The molecule has 176 valence electrons. The van der Waals surface area contributed by atoms with E-state index in [2.05, 4.69) is 0 Å². The highest BCUT2D eigenvalue weighted by Crippen LogP contribution is 2.35. The number of piperidine rings is 1. The molecule has 4 rings (SSSR count). The Morgan fingerprint density at radius 1 is 1.03 bits per heavy atom. The lowest BCUT2D eigenvalue weighted by atomic mass is 9.97. The molecule has 0 radical (unpaired) electrons. The molecule has 9 nitrogen and oxygen atoms in total. The second-order valence-electron chi connectivity index (χ2n) is 7.92. The van der Waals surface area contributed by atoms with Crippen molar-refractivity contribution >= 4 is 27.6 Å². The zero-order chi connectivity index (χ0) is 23.6. The maximum atomic E-state index is 13.5. The Morgan fingerprint density at radius 2 is 1.76 bits per heavy atom. The van der Waals surface area contributed by atoms with Crippen LogP contribution in [0, 0.1) is 5.92 Å². The number of sulfonamides is 1. The van der Waals surface area contributed by atoms with Crippen LogP contribution in [0.3, 0.4) is 0 Å². The fourth-order valence-corrected chi connectivity index (χ4v) is 5.70.